The monoisotopic (exact) mass is 500 g/mol. The first kappa shape index (κ1) is 27.3. The van der Waals surface area contributed by atoms with Crippen molar-refractivity contribution in [1.29, 1.82) is 5.41 Å². The second-order valence-electron chi connectivity index (χ2n) is 8.83. The largest absolute Gasteiger partial charge is 0.494 e. The van der Waals surface area contributed by atoms with Crippen molar-refractivity contribution >= 4 is 17.5 Å². The number of amidine groups is 1. The Morgan fingerprint density at radius 2 is 1.81 bits per heavy atom. The predicted molar refractivity (Wildman–Crippen MR) is 138 cm³/mol. The first-order valence-corrected chi connectivity index (χ1v) is 12.5. The maximum Gasteiger partial charge on any atom is 0.333 e. The molecular weight excluding hydrogens is 463 g/mol. The Bertz CT molecular complexity index is 1030. The van der Waals surface area contributed by atoms with Gasteiger partial charge in [0.1, 0.15) is 18.2 Å². The molecule has 36 heavy (non-hydrogen) atoms. The van der Waals surface area contributed by atoms with Crippen LogP contribution in [-0.4, -0.2) is 55.7 Å². The van der Waals surface area contributed by atoms with Gasteiger partial charge in [-0.2, -0.15) is 0 Å². The first-order valence-electron chi connectivity index (χ1n) is 12.5. The molecule has 1 heterocycles. The number of halogens is 1. The van der Waals surface area contributed by atoms with E-state index in [0.29, 0.717) is 30.2 Å². The average molecular weight is 501 g/mol. The molecule has 2 atom stereocenters. The zero-order valence-electron chi connectivity index (χ0n) is 21.3. The lowest BCUT2D eigenvalue weighted by Gasteiger charge is -2.32. The number of nitrogens with two attached hydrogens (primary N) is 1. The van der Waals surface area contributed by atoms with Crippen LogP contribution in [0.25, 0.3) is 0 Å². The van der Waals surface area contributed by atoms with Gasteiger partial charge in [-0.15, -0.1) is 0 Å². The van der Waals surface area contributed by atoms with Crippen LogP contribution in [0.4, 0.5) is 10.1 Å². The molecule has 0 saturated carbocycles. The number of esters is 1. The maximum absolute atomic E-state index is 15.8. The van der Waals surface area contributed by atoms with Crippen molar-refractivity contribution < 1.29 is 23.4 Å². The van der Waals surface area contributed by atoms with E-state index in [0.717, 1.165) is 25.9 Å². The lowest BCUT2D eigenvalue weighted by molar-refractivity contribution is -0.144. The average Bonchev–Trinajstić information content (AvgIpc) is 2.88. The fourth-order valence-electron chi connectivity index (χ4n) is 4.24. The summed E-state index contributed by atoms with van der Waals surface area (Å²) in [5.41, 5.74) is 6.68. The SMILES string of the molecule is CCOC(=O)C(Nc1ccc(C(=N)N)cc1)c1cc(OCC)cc(OCC(C)N2CCCCC2)c1F. The molecule has 2 aromatic rings. The van der Waals surface area contributed by atoms with E-state index in [9.17, 15) is 4.79 Å². The van der Waals surface area contributed by atoms with Gasteiger partial charge in [-0.05, 0) is 77.0 Å². The van der Waals surface area contributed by atoms with Crippen molar-refractivity contribution in [2.24, 2.45) is 5.73 Å². The predicted octanol–water partition coefficient (Wildman–Crippen LogP) is 4.48. The molecule has 0 aliphatic carbocycles. The van der Waals surface area contributed by atoms with Crippen LogP contribution in [0.15, 0.2) is 36.4 Å². The number of carbonyl (C=O) groups excluding carboxylic acids is 1. The molecule has 0 bridgehead atoms. The summed E-state index contributed by atoms with van der Waals surface area (Å²) >= 11 is 0. The molecule has 1 aliphatic rings. The van der Waals surface area contributed by atoms with Gasteiger partial charge in [0.25, 0.3) is 0 Å². The van der Waals surface area contributed by atoms with Gasteiger partial charge in [-0.25, -0.2) is 9.18 Å². The standard InChI is InChI=1S/C27H37FN4O4/c1-4-34-21-15-22(24(28)23(16-21)36-17-18(3)32-13-7-6-8-14-32)25(27(33)35-5-2)31-20-11-9-19(10-12-20)26(29)30/h9-12,15-16,18,25,31H,4-8,13-14,17H2,1-3H3,(H3,29,30). The summed E-state index contributed by atoms with van der Waals surface area (Å²) < 4.78 is 32.7. The minimum Gasteiger partial charge on any atom is -0.494 e. The number of piperidine rings is 1. The Morgan fingerprint density at radius 1 is 1.11 bits per heavy atom. The smallest absolute Gasteiger partial charge is 0.333 e. The third-order valence-corrected chi connectivity index (χ3v) is 6.19. The molecule has 1 saturated heterocycles. The van der Waals surface area contributed by atoms with Gasteiger partial charge < -0.3 is 25.3 Å². The molecule has 0 aromatic heterocycles. The van der Waals surface area contributed by atoms with E-state index in [1.54, 1.807) is 31.2 Å². The number of likely N-dealkylation sites (tertiary alicyclic amines) is 1. The van der Waals surface area contributed by atoms with Crippen molar-refractivity contribution in [3.8, 4) is 11.5 Å². The van der Waals surface area contributed by atoms with Crippen LogP contribution in [-0.2, 0) is 9.53 Å². The summed E-state index contributed by atoms with van der Waals surface area (Å²) in [5, 5.41) is 10.6. The Kier molecular flexibility index (Phi) is 9.93. The van der Waals surface area contributed by atoms with Gasteiger partial charge in [0.15, 0.2) is 17.6 Å². The minimum atomic E-state index is -1.14. The van der Waals surface area contributed by atoms with Crippen molar-refractivity contribution in [3.63, 3.8) is 0 Å². The summed E-state index contributed by atoms with van der Waals surface area (Å²) in [6.07, 6.45) is 3.55. The van der Waals surface area contributed by atoms with Gasteiger partial charge >= 0.3 is 5.97 Å². The number of hydrogen-bond acceptors (Lipinski definition) is 7. The van der Waals surface area contributed by atoms with Crippen LogP contribution in [0.3, 0.4) is 0 Å². The summed E-state index contributed by atoms with van der Waals surface area (Å²) in [6.45, 7) is 8.45. The first-order chi connectivity index (χ1) is 17.3. The highest BCUT2D eigenvalue weighted by atomic mass is 19.1. The molecule has 2 unspecified atom stereocenters. The Balaban J connectivity index is 1.90. The molecule has 1 fully saturated rings. The maximum atomic E-state index is 15.8. The molecule has 4 N–H and O–H groups in total. The second-order valence-corrected chi connectivity index (χ2v) is 8.83. The number of benzene rings is 2. The van der Waals surface area contributed by atoms with Gasteiger partial charge in [0, 0.05) is 28.9 Å². The van der Waals surface area contributed by atoms with Crippen LogP contribution in [0, 0.1) is 11.2 Å². The zero-order chi connectivity index (χ0) is 26.1. The highest BCUT2D eigenvalue weighted by Gasteiger charge is 2.29. The van der Waals surface area contributed by atoms with E-state index in [4.69, 9.17) is 25.4 Å². The van der Waals surface area contributed by atoms with Crippen LogP contribution in [0.1, 0.15) is 57.2 Å². The van der Waals surface area contributed by atoms with E-state index in [1.807, 2.05) is 6.92 Å². The van der Waals surface area contributed by atoms with E-state index in [2.05, 4.69) is 17.1 Å². The van der Waals surface area contributed by atoms with E-state index in [1.165, 1.54) is 18.6 Å². The van der Waals surface area contributed by atoms with Crippen molar-refractivity contribution in [2.45, 2.75) is 52.1 Å². The molecule has 0 radical (unpaired) electrons. The molecule has 1 aliphatic heterocycles. The van der Waals surface area contributed by atoms with Crippen LogP contribution >= 0.6 is 0 Å². The summed E-state index contributed by atoms with van der Waals surface area (Å²) in [7, 11) is 0. The lowest BCUT2D eigenvalue weighted by atomic mass is 10.0. The molecule has 196 valence electrons. The Labute approximate surface area is 212 Å². The zero-order valence-corrected chi connectivity index (χ0v) is 21.3. The molecule has 9 heteroatoms. The van der Waals surface area contributed by atoms with E-state index < -0.39 is 17.8 Å². The topological polar surface area (TPSA) is 110 Å². The highest BCUT2D eigenvalue weighted by Crippen LogP contribution is 2.34. The minimum absolute atomic E-state index is 0.0304. The number of nitrogens with zero attached hydrogens (tertiary/aromatic N) is 1. The van der Waals surface area contributed by atoms with Crippen LogP contribution in [0.5, 0.6) is 11.5 Å². The normalized spacial score (nSPS) is 15.6. The fraction of sp³-hybridized carbons (Fsp3) is 0.481. The van der Waals surface area contributed by atoms with Crippen molar-refractivity contribution in [1.82, 2.24) is 4.90 Å². The molecule has 0 spiro atoms. The van der Waals surface area contributed by atoms with Gasteiger partial charge in [-0.3, -0.25) is 10.3 Å². The van der Waals surface area contributed by atoms with Crippen LogP contribution in [0.2, 0.25) is 0 Å². The third-order valence-electron chi connectivity index (χ3n) is 6.19. The number of ether oxygens (including phenoxy) is 3. The molecule has 0 amide bonds. The van der Waals surface area contributed by atoms with Crippen LogP contribution < -0.4 is 20.5 Å². The number of nitrogens with one attached hydrogen (secondary N) is 2. The fourth-order valence-corrected chi connectivity index (χ4v) is 4.24. The Morgan fingerprint density at radius 3 is 2.42 bits per heavy atom. The highest BCUT2D eigenvalue weighted by molar-refractivity contribution is 5.95. The Hall–Kier alpha value is -3.33. The van der Waals surface area contributed by atoms with Gasteiger partial charge in [0.2, 0.25) is 0 Å². The van der Waals surface area contributed by atoms with E-state index in [-0.39, 0.29) is 29.8 Å². The number of carbonyl (C=O) groups is 1. The lowest BCUT2D eigenvalue weighted by Crippen LogP contribution is -2.40. The number of hydrogen-bond donors (Lipinski definition) is 3. The van der Waals surface area contributed by atoms with E-state index >= 15 is 4.39 Å². The molecule has 8 nitrogen and oxygen atoms in total. The third kappa shape index (κ3) is 7.10. The second kappa shape index (κ2) is 13.1. The summed E-state index contributed by atoms with van der Waals surface area (Å²) in [6, 6.07) is 8.65. The quantitative estimate of drug-likeness (QED) is 0.224. The molecule has 2 aromatic carbocycles. The molecular formula is C27H37FN4O4. The van der Waals surface area contributed by atoms with Gasteiger partial charge in [0.05, 0.1) is 13.2 Å². The van der Waals surface area contributed by atoms with Gasteiger partial charge in [-0.1, -0.05) is 6.42 Å². The summed E-state index contributed by atoms with van der Waals surface area (Å²) in [4.78, 5) is 15.3. The van der Waals surface area contributed by atoms with Crippen molar-refractivity contribution in [3.05, 3.63) is 53.3 Å². The number of rotatable bonds is 12. The number of nitrogen functional groups attached to an aromatic ring is 1. The van der Waals surface area contributed by atoms with Crippen molar-refractivity contribution in [2.75, 3.05) is 38.2 Å². The summed E-state index contributed by atoms with van der Waals surface area (Å²) in [5.74, 6) is -0.913. The number of anilines is 1. The molecule has 3 rings (SSSR count).